The summed E-state index contributed by atoms with van der Waals surface area (Å²) in [6.07, 6.45) is -99.6. The normalized spacial score (nSPS) is 34.7. The molecule has 21 aliphatic heterocycles. The summed E-state index contributed by atoms with van der Waals surface area (Å²) in [7, 11) is -42.0. The Balaban J connectivity index is 1.56. The molecule has 0 aromatic heterocycles. The van der Waals surface area contributed by atoms with E-state index < -0.39 is 418 Å². The van der Waals surface area contributed by atoms with E-state index in [1.165, 1.54) is 0 Å². The highest BCUT2D eigenvalue weighted by Gasteiger charge is 2.67. The maximum Gasteiger partial charge on any atom is 0.397 e. The molecular formula is C70H98O70S7. The molecule has 0 aromatic carbocycles. The van der Waals surface area contributed by atoms with Crippen LogP contribution in [0.1, 0.15) is 96.9 Å². The number of esters is 14. The van der Waals surface area contributed by atoms with Crippen molar-refractivity contribution in [1.82, 2.24) is 0 Å². The van der Waals surface area contributed by atoms with Crippen LogP contribution in [0.5, 0.6) is 0 Å². The Hall–Kier alpha value is -8.89. The Bertz CT molecular complexity index is 4640. The highest BCUT2D eigenvalue weighted by Crippen LogP contribution is 2.46. The van der Waals surface area contributed by atoms with Crippen molar-refractivity contribution < 1.29 is 320 Å². The Kier molecular flexibility index (Phi) is 43.2. The lowest BCUT2D eigenvalue weighted by Gasteiger charge is -2.52. The number of hydrogen-bond acceptors (Lipinski definition) is 63. The zero-order valence-electron chi connectivity index (χ0n) is 77.9. The van der Waals surface area contributed by atoms with E-state index in [9.17, 15) is 158 Å². The molecular weight excluding hydrogens is 2190 g/mol. The molecule has 0 aliphatic carbocycles. The highest BCUT2D eigenvalue weighted by molar-refractivity contribution is 7.82. The third-order valence-electron chi connectivity index (χ3n) is 20.1. The number of hydrogen-bond donors (Lipinski definition) is 7. The lowest BCUT2D eigenvalue weighted by atomic mass is 9.94. The second kappa shape index (κ2) is 51.5. The van der Waals surface area contributed by atoms with E-state index in [4.69, 9.17) is 162 Å². The third-order valence-corrected chi connectivity index (χ3v) is 23.1. The van der Waals surface area contributed by atoms with Gasteiger partial charge in [-0.3, -0.25) is 99.0 Å². The lowest BCUT2D eigenvalue weighted by molar-refractivity contribution is -0.396. The summed E-state index contributed by atoms with van der Waals surface area (Å²) in [6.45, 7) is -5.59. The maximum atomic E-state index is 13.9. The van der Waals surface area contributed by atoms with E-state index in [1.54, 1.807) is 0 Å². The van der Waals surface area contributed by atoms with Crippen molar-refractivity contribution in [2.75, 3.05) is 46.2 Å². The second-order valence-electron chi connectivity index (χ2n) is 31.5. The van der Waals surface area contributed by atoms with Crippen LogP contribution in [0.3, 0.4) is 0 Å². The SMILES string of the molecule is CC(=O)O[C@@H]1[C@@H](OC(C)=O)[C@@H]2O[C@H]3[C@H](OC(C)=O)[C@@H](OC(C)=O)[C@H](O[C@H]4[C@H](OC(C)=O)[C@@H](OC(C)=O)[C@H](O[C@H]5[C@H](OC(C)=O)[C@@H](OC(C)=O)[C@H](O[C@H]6[C@H](OC(C)=O)[C@@H](OC(C)=O)[C@H](O[C@H]7[C@H](OC(C)=O)[C@@H](OC(C)=O)[C@H](O[C@H]8[C@H](OC(C)=O)[C@@H](OC(C)=O)[C@H](O[C@@H]1[C@@H](COS(=O)(=O)O)O2)O[C@@H]8COS(=O)(=O)O)O[C@@H]7COS(=O)(=O)O)O[C@@H]6COS(=O)(=O)O)O[C@@H]5COS(=O)(=O)O)O[C@@H]4COS(=O)(=O)O)O[C@@H]3COS(=O)(=O)O. The summed E-state index contributed by atoms with van der Waals surface area (Å²) in [5, 5.41) is 0. The third kappa shape index (κ3) is 37.9. The molecule has 0 unspecified atom stereocenters. The molecule has 0 aromatic rings. The van der Waals surface area contributed by atoms with Crippen molar-refractivity contribution >= 4 is 156 Å². The molecule has 21 heterocycles. The first-order chi connectivity index (χ1) is 67.7. The van der Waals surface area contributed by atoms with Gasteiger partial charge in [-0.05, 0) is 0 Å². The van der Waals surface area contributed by atoms with Gasteiger partial charge in [0.25, 0.3) is 0 Å². The molecule has 840 valence electrons. The lowest BCUT2D eigenvalue weighted by Crippen LogP contribution is -2.70. The van der Waals surface area contributed by atoms with Crippen molar-refractivity contribution in [3.8, 4) is 0 Å². The molecule has 21 fully saturated rings. The first-order valence-corrected chi connectivity index (χ1v) is 51.2. The van der Waals surface area contributed by atoms with Crippen LogP contribution in [0.4, 0.5) is 0 Å². The van der Waals surface area contributed by atoms with Crippen LogP contribution < -0.4 is 0 Å². The van der Waals surface area contributed by atoms with Gasteiger partial charge in [0, 0.05) is 96.9 Å². The Labute approximate surface area is 830 Å². The van der Waals surface area contributed by atoms with Gasteiger partial charge in [0.2, 0.25) is 0 Å². The van der Waals surface area contributed by atoms with Gasteiger partial charge in [0.05, 0.1) is 46.2 Å². The Morgan fingerprint density at radius 3 is 0.313 bits per heavy atom. The predicted molar refractivity (Wildman–Crippen MR) is 435 cm³/mol. The van der Waals surface area contributed by atoms with Crippen molar-refractivity contribution in [3.63, 3.8) is 0 Å². The molecule has 21 saturated heterocycles. The van der Waals surface area contributed by atoms with Crippen molar-refractivity contribution in [2.45, 2.75) is 312 Å². The average molecular weight is 2280 g/mol. The summed E-state index contributed by atoms with van der Waals surface area (Å²) in [5.41, 5.74) is 0. The average Bonchev–Trinajstić information content (AvgIpc) is 0.873. The fourth-order valence-electron chi connectivity index (χ4n) is 15.7. The van der Waals surface area contributed by atoms with Gasteiger partial charge in [-0.1, -0.05) is 0 Å². The number of carbonyl (C=O) groups excluding carboxylic acids is 14. The first kappa shape index (κ1) is 123. The minimum atomic E-state index is -5.99. The molecule has 0 radical (unpaired) electrons. The Morgan fingerprint density at radius 1 is 0.156 bits per heavy atom. The van der Waals surface area contributed by atoms with Crippen molar-refractivity contribution in [3.05, 3.63) is 0 Å². The van der Waals surface area contributed by atoms with Crippen LogP contribution in [0.15, 0.2) is 0 Å². The number of carbonyl (C=O) groups is 14. The maximum absolute atomic E-state index is 13.9. The molecule has 0 saturated carbocycles. The fraction of sp³-hybridized carbons (Fsp3) is 0.800. The van der Waals surface area contributed by atoms with E-state index in [1.807, 2.05) is 0 Å². The van der Waals surface area contributed by atoms with Gasteiger partial charge in [0.1, 0.15) is 85.5 Å². The smallest absolute Gasteiger partial charge is 0.397 e. The first-order valence-electron chi connectivity index (χ1n) is 41.6. The molecule has 21 rings (SSSR count). The van der Waals surface area contributed by atoms with E-state index in [0.29, 0.717) is 96.9 Å². The summed E-state index contributed by atoms with van der Waals surface area (Å²) in [5.74, 6) is -22.6. The summed E-state index contributed by atoms with van der Waals surface area (Å²) in [6, 6.07) is 0. The molecule has 21 aliphatic rings. The van der Waals surface area contributed by atoms with Gasteiger partial charge < -0.3 is 133 Å². The van der Waals surface area contributed by atoms with Crippen LogP contribution in [-0.4, -0.2) is 436 Å². The zero-order valence-corrected chi connectivity index (χ0v) is 83.6. The van der Waals surface area contributed by atoms with Gasteiger partial charge in [-0.25, -0.2) is 29.3 Å². The van der Waals surface area contributed by atoms with E-state index in [2.05, 4.69) is 0 Å². The van der Waals surface area contributed by atoms with Crippen LogP contribution in [0.25, 0.3) is 0 Å². The van der Waals surface area contributed by atoms with Crippen LogP contribution in [0, 0.1) is 0 Å². The summed E-state index contributed by atoms with van der Waals surface area (Å²) in [4.78, 5) is 194. The number of rotatable bonds is 35. The standard InChI is InChI=1S/C70H98O70S7/c1-22(71)113-50-43-36(15-106-141(85,86)87)127-64(57(50)120-29(8)78)135-44-37(16-107-142(88,89)90)129-66(59(122-31(10)80)51(44)114-23(2)72)137-46-39(18-109-144(94,95)96)131-68(61(124-33(12)82)53(46)116-25(4)74)139-48-41(20-111-146(100,101)102)133-70(63(126-35(14)84)55(48)118-27(6)76)140-49-42(21-112-147(103,104)105)132-69(62(125-34(13)83)56(49)119-28(7)77)138-47-40(19-110-145(97,98)99)130-67(60(123-32(11)81)54(47)117-26(5)75)136-45-38(17-108-143(91,92)93)128-65(134-43)58(121-30(9)79)52(45)115-24(3)73/h36-70H,15-21H2,1-14H3,(H,85,86,87)(H,88,89,90)(H,91,92,93)(H,94,95,96)(H,97,98,99)(H,100,101,102)(H,103,104,105)/t36-,37-,38-,39-,40-,41-,42-,43-,44-,45-,46-,47-,48-,49-,50+,51+,52+,53+,54+,55+,56+,57-,58-,59-,60-,61-,62-,63-,64+,65+,66+,67+,68+,69+,70+/m1/s1. The topological polar surface area (TPSA) is 943 Å². The molecule has 14 bridgehead atoms. The molecule has 35 atom stereocenters. The minimum Gasteiger partial charge on any atom is -0.455 e. The zero-order chi connectivity index (χ0) is 110. The number of ether oxygens (including phenoxy) is 28. The molecule has 70 nitrogen and oxygen atoms in total. The van der Waals surface area contributed by atoms with Crippen LogP contribution >= 0.6 is 0 Å². The molecule has 147 heavy (non-hydrogen) atoms. The van der Waals surface area contributed by atoms with Gasteiger partial charge in [-0.2, -0.15) is 58.9 Å². The van der Waals surface area contributed by atoms with Crippen molar-refractivity contribution in [1.29, 1.82) is 0 Å². The van der Waals surface area contributed by atoms with Crippen LogP contribution in [-0.2, 0) is 302 Å². The van der Waals surface area contributed by atoms with E-state index in [0.717, 1.165) is 0 Å². The van der Waals surface area contributed by atoms with E-state index >= 15 is 0 Å². The van der Waals surface area contributed by atoms with E-state index in [-0.39, 0.29) is 0 Å². The largest absolute Gasteiger partial charge is 0.455 e. The minimum absolute atomic E-state index is 0.538. The van der Waals surface area contributed by atoms with Crippen LogP contribution in [0.2, 0.25) is 0 Å². The van der Waals surface area contributed by atoms with Gasteiger partial charge >= 0.3 is 156 Å². The molecule has 0 amide bonds. The Morgan fingerprint density at radius 2 is 0.238 bits per heavy atom. The second-order valence-corrected chi connectivity index (χ2v) is 39.2. The van der Waals surface area contributed by atoms with Crippen molar-refractivity contribution in [2.24, 2.45) is 0 Å². The van der Waals surface area contributed by atoms with Gasteiger partial charge in [0.15, 0.2) is 129 Å². The summed E-state index contributed by atoms with van der Waals surface area (Å²) >= 11 is 0. The predicted octanol–water partition coefficient (Wildman–Crippen LogP) is -8.45. The monoisotopic (exact) mass is 2280 g/mol. The molecule has 7 N–H and O–H groups in total. The molecule has 0 spiro atoms. The molecule has 77 heteroatoms. The fourth-order valence-corrected chi connectivity index (χ4v) is 17.8. The highest BCUT2D eigenvalue weighted by atomic mass is 32.3. The summed E-state index contributed by atoms with van der Waals surface area (Å²) < 4.78 is 452. The quantitative estimate of drug-likeness (QED) is 0.0176. The van der Waals surface area contributed by atoms with Gasteiger partial charge in [-0.15, -0.1) is 0 Å².